The summed E-state index contributed by atoms with van der Waals surface area (Å²) in [4.78, 5) is 25.6. The van der Waals surface area contributed by atoms with Crippen molar-refractivity contribution in [3.05, 3.63) is 30.4 Å². The molecule has 2 fully saturated rings. The van der Waals surface area contributed by atoms with Crippen molar-refractivity contribution in [1.82, 2.24) is 24.7 Å². The van der Waals surface area contributed by atoms with Crippen LogP contribution in [0.3, 0.4) is 0 Å². The van der Waals surface area contributed by atoms with Crippen molar-refractivity contribution in [2.24, 2.45) is 0 Å². The molecule has 1 N–H and O–H groups in total. The number of ether oxygens (including phenoxy) is 1. The second-order valence-corrected chi connectivity index (χ2v) is 7.63. The number of pyridine rings is 1. The summed E-state index contributed by atoms with van der Waals surface area (Å²) >= 11 is 0. The van der Waals surface area contributed by atoms with E-state index < -0.39 is 11.7 Å². The zero-order valence-electron chi connectivity index (χ0n) is 16.3. The molecule has 2 unspecified atom stereocenters. The molecule has 0 aliphatic carbocycles. The molecule has 9 nitrogen and oxygen atoms in total. The molecular formula is C19H19F2N7O2. The van der Waals surface area contributed by atoms with Gasteiger partial charge in [-0.15, -0.1) is 5.10 Å². The number of rotatable bonds is 4. The summed E-state index contributed by atoms with van der Waals surface area (Å²) in [6, 6.07) is 3.38. The van der Waals surface area contributed by atoms with Crippen molar-refractivity contribution in [2.45, 2.75) is 38.3 Å². The summed E-state index contributed by atoms with van der Waals surface area (Å²) in [5, 5.41) is 8.08. The molecule has 1 amide bonds. The van der Waals surface area contributed by atoms with Gasteiger partial charge < -0.3 is 15.0 Å². The summed E-state index contributed by atoms with van der Waals surface area (Å²) in [6.45, 7) is 3.45. The fraction of sp³-hybridized carbons (Fsp3) is 0.421. The molecule has 11 heteroatoms. The van der Waals surface area contributed by atoms with E-state index in [2.05, 4.69) is 25.2 Å². The van der Waals surface area contributed by atoms with E-state index >= 15 is 0 Å². The van der Waals surface area contributed by atoms with Gasteiger partial charge >= 0.3 is 5.92 Å². The van der Waals surface area contributed by atoms with Crippen LogP contribution >= 0.6 is 0 Å². The summed E-state index contributed by atoms with van der Waals surface area (Å²) in [5.74, 6) is -2.81. The highest BCUT2D eigenvalue weighted by atomic mass is 19.3. The van der Waals surface area contributed by atoms with Gasteiger partial charge in [-0.05, 0) is 6.42 Å². The van der Waals surface area contributed by atoms with E-state index in [-0.39, 0.29) is 23.9 Å². The van der Waals surface area contributed by atoms with E-state index in [4.69, 9.17) is 9.84 Å². The lowest BCUT2D eigenvalue weighted by Crippen LogP contribution is -2.37. The van der Waals surface area contributed by atoms with Crippen LogP contribution in [0.15, 0.2) is 24.5 Å². The van der Waals surface area contributed by atoms with Gasteiger partial charge in [0.25, 0.3) is 0 Å². The molecule has 0 saturated carbocycles. The summed E-state index contributed by atoms with van der Waals surface area (Å²) in [5.41, 5.74) is 0.594. The van der Waals surface area contributed by atoms with Crippen LogP contribution in [0.1, 0.15) is 26.1 Å². The van der Waals surface area contributed by atoms with E-state index in [1.165, 1.54) is 23.9 Å². The van der Waals surface area contributed by atoms with Crippen molar-refractivity contribution in [3.63, 3.8) is 0 Å². The first-order valence-corrected chi connectivity index (χ1v) is 9.56. The second-order valence-electron chi connectivity index (χ2n) is 7.63. The van der Waals surface area contributed by atoms with Gasteiger partial charge in [0.1, 0.15) is 5.82 Å². The van der Waals surface area contributed by atoms with Crippen molar-refractivity contribution >= 4 is 28.4 Å². The van der Waals surface area contributed by atoms with Crippen molar-refractivity contribution in [2.75, 3.05) is 23.4 Å². The van der Waals surface area contributed by atoms with Crippen molar-refractivity contribution < 1.29 is 18.3 Å². The third-order valence-electron chi connectivity index (χ3n) is 5.27. The molecule has 0 spiro atoms. The van der Waals surface area contributed by atoms with E-state index in [9.17, 15) is 13.6 Å². The molecule has 0 radical (unpaired) electrons. The van der Waals surface area contributed by atoms with Gasteiger partial charge in [0.15, 0.2) is 11.6 Å². The molecule has 2 atom stereocenters. The Kier molecular flexibility index (Phi) is 4.17. The molecule has 5 heterocycles. The second kappa shape index (κ2) is 6.66. The molecule has 2 bridgehead atoms. The number of fused-ring (bicyclic) bond motifs is 3. The normalized spacial score (nSPS) is 20.9. The SMILES string of the molecule is CC(=O)Nc1cc2c(cn1)c(N1CC3CC1CO3)nn2-c1ccnc(C(C)(F)F)n1. The quantitative estimate of drug-likeness (QED) is 0.698. The Bertz CT molecular complexity index is 1140. The molecule has 5 rings (SSSR count). The molecular weight excluding hydrogens is 396 g/mol. The monoisotopic (exact) mass is 415 g/mol. The van der Waals surface area contributed by atoms with Crippen molar-refractivity contribution in [1.29, 1.82) is 0 Å². The number of aromatic nitrogens is 5. The Hall–Kier alpha value is -3.21. The lowest BCUT2D eigenvalue weighted by molar-refractivity contribution is -0.114. The van der Waals surface area contributed by atoms with Gasteiger partial charge in [-0.25, -0.2) is 19.6 Å². The van der Waals surface area contributed by atoms with Crippen LogP contribution in [0.5, 0.6) is 0 Å². The zero-order chi connectivity index (χ0) is 21.0. The Balaban J connectivity index is 1.67. The average molecular weight is 415 g/mol. The molecule has 0 aromatic carbocycles. The number of morpholine rings is 1. The number of anilines is 2. The first kappa shape index (κ1) is 18.8. The Morgan fingerprint density at radius 2 is 2.20 bits per heavy atom. The topological polar surface area (TPSA) is 98.1 Å². The van der Waals surface area contributed by atoms with Gasteiger partial charge in [0.2, 0.25) is 11.7 Å². The number of hydrogen-bond acceptors (Lipinski definition) is 7. The number of amides is 1. The fourth-order valence-electron chi connectivity index (χ4n) is 3.97. The molecule has 2 aliphatic rings. The van der Waals surface area contributed by atoms with Gasteiger partial charge in [0, 0.05) is 44.9 Å². The smallest absolute Gasteiger partial charge is 0.303 e. The number of nitrogens with zero attached hydrogens (tertiary/aromatic N) is 6. The molecule has 3 aromatic heterocycles. The van der Waals surface area contributed by atoms with Gasteiger partial charge in [-0.1, -0.05) is 0 Å². The third kappa shape index (κ3) is 3.15. The number of carbonyl (C=O) groups excluding carboxylic acids is 1. The Morgan fingerprint density at radius 3 is 2.87 bits per heavy atom. The highest BCUT2D eigenvalue weighted by Crippen LogP contribution is 2.37. The van der Waals surface area contributed by atoms with E-state index in [1.54, 1.807) is 12.3 Å². The number of alkyl halides is 2. The maximum atomic E-state index is 13.8. The van der Waals surface area contributed by atoms with Crippen LogP contribution < -0.4 is 10.2 Å². The van der Waals surface area contributed by atoms with E-state index in [0.717, 1.165) is 18.7 Å². The first-order chi connectivity index (χ1) is 14.3. The predicted molar refractivity (Wildman–Crippen MR) is 104 cm³/mol. The minimum Gasteiger partial charge on any atom is -0.374 e. The lowest BCUT2D eigenvalue weighted by Gasteiger charge is -2.26. The minimum atomic E-state index is -3.18. The molecule has 3 aromatic rings. The van der Waals surface area contributed by atoms with Crippen molar-refractivity contribution in [3.8, 4) is 5.82 Å². The molecule has 2 saturated heterocycles. The highest BCUT2D eigenvalue weighted by Gasteiger charge is 2.41. The third-order valence-corrected chi connectivity index (χ3v) is 5.27. The molecule has 2 aliphatic heterocycles. The zero-order valence-corrected chi connectivity index (χ0v) is 16.3. The van der Waals surface area contributed by atoms with Crippen LogP contribution in [0, 0.1) is 0 Å². The van der Waals surface area contributed by atoms with Gasteiger partial charge in [-0.3, -0.25) is 4.79 Å². The van der Waals surface area contributed by atoms with Crippen LogP contribution in [0.4, 0.5) is 20.4 Å². The summed E-state index contributed by atoms with van der Waals surface area (Å²) in [6.07, 6.45) is 3.99. The van der Waals surface area contributed by atoms with Crippen LogP contribution in [0.2, 0.25) is 0 Å². The number of nitrogens with one attached hydrogen (secondary N) is 1. The van der Waals surface area contributed by atoms with Crippen LogP contribution in [-0.2, 0) is 15.5 Å². The summed E-state index contributed by atoms with van der Waals surface area (Å²) in [7, 11) is 0. The van der Waals surface area contributed by atoms with E-state index in [1.807, 2.05) is 0 Å². The Morgan fingerprint density at radius 1 is 1.37 bits per heavy atom. The maximum absolute atomic E-state index is 13.8. The largest absolute Gasteiger partial charge is 0.374 e. The lowest BCUT2D eigenvalue weighted by atomic mass is 10.2. The predicted octanol–water partition coefficient (Wildman–Crippen LogP) is 2.26. The maximum Gasteiger partial charge on any atom is 0.303 e. The average Bonchev–Trinajstić information content (AvgIpc) is 3.40. The number of halogens is 2. The standard InChI is InChI=1S/C19H19F2N7O2/c1-10(29)24-15-6-14-13(7-23-15)17(27-8-12-5-11(27)9-30-12)26-28(14)16-3-4-22-18(25-16)19(2,20)21/h3-4,6-7,11-12H,5,8-9H2,1-2H3,(H,23,24,29). The Labute approximate surface area is 170 Å². The summed E-state index contributed by atoms with van der Waals surface area (Å²) < 4.78 is 34.7. The number of hydrogen-bond donors (Lipinski definition) is 1. The number of carbonyl (C=O) groups is 1. The van der Waals surface area contributed by atoms with Crippen LogP contribution in [0.25, 0.3) is 16.7 Å². The molecule has 30 heavy (non-hydrogen) atoms. The minimum absolute atomic E-state index is 0.159. The fourth-order valence-corrected chi connectivity index (χ4v) is 3.97. The van der Waals surface area contributed by atoms with E-state index in [0.29, 0.717) is 30.3 Å². The highest BCUT2D eigenvalue weighted by molar-refractivity contribution is 5.95. The van der Waals surface area contributed by atoms with Gasteiger partial charge in [0.05, 0.1) is 29.7 Å². The molecule has 156 valence electrons. The van der Waals surface area contributed by atoms with Crippen LogP contribution in [-0.4, -0.2) is 55.9 Å². The van der Waals surface area contributed by atoms with Gasteiger partial charge in [-0.2, -0.15) is 8.78 Å². The first-order valence-electron chi connectivity index (χ1n) is 9.56.